The average molecular weight is 323 g/mol. The minimum Gasteiger partial charge on any atom is -0.478 e. The van der Waals surface area contributed by atoms with Gasteiger partial charge in [-0.1, -0.05) is 0 Å². The summed E-state index contributed by atoms with van der Waals surface area (Å²) >= 11 is 0. The van der Waals surface area contributed by atoms with Crippen LogP contribution in [0.25, 0.3) is 22.9 Å². The van der Waals surface area contributed by atoms with Crippen LogP contribution in [0.3, 0.4) is 0 Å². The highest BCUT2D eigenvalue weighted by Gasteiger charge is 2.15. The fraction of sp³-hybridized carbons (Fsp3) is 0. The third kappa shape index (κ3) is 3.04. The van der Waals surface area contributed by atoms with Gasteiger partial charge in [0.2, 0.25) is 0 Å². The molecule has 0 bridgehead atoms. The van der Waals surface area contributed by atoms with Gasteiger partial charge in [0.1, 0.15) is 11.4 Å². The predicted octanol–water partition coefficient (Wildman–Crippen LogP) is 1.39. The van der Waals surface area contributed by atoms with Crippen molar-refractivity contribution in [3.63, 3.8) is 0 Å². The van der Waals surface area contributed by atoms with Gasteiger partial charge in [0.05, 0.1) is 17.5 Å². The number of pyridine rings is 1. The van der Waals surface area contributed by atoms with Crippen molar-refractivity contribution >= 4 is 11.9 Å². The van der Waals surface area contributed by atoms with Gasteiger partial charge >= 0.3 is 11.9 Å². The first-order valence-corrected chi connectivity index (χ1v) is 6.63. The van der Waals surface area contributed by atoms with Gasteiger partial charge in [-0.05, 0) is 18.2 Å². The number of aromatic carboxylic acids is 2. The molecule has 0 aliphatic heterocycles. The van der Waals surface area contributed by atoms with Crippen LogP contribution in [-0.2, 0) is 0 Å². The molecule has 3 aromatic heterocycles. The first-order chi connectivity index (χ1) is 11.5. The van der Waals surface area contributed by atoms with Crippen molar-refractivity contribution in [2.45, 2.75) is 0 Å². The molecule has 0 spiro atoms. The Morgan fingerprint density at radius 2 is 1.62 bits per heavy atom. The molecule has 0 atom stereocenters. The van der Waals surface area contributed by atoms with Gasteiger partial charge < -0.3 is 10.2 Å². The number of rotatable bonds is 4. The SMILES string of the molecule is O=C(O)c1cc(-c2cnccn2)nc(-c2nccc(C(=O)O)n2)c1. The van der Waals surface area contributed by atoms with Crippen LogP contribution in [-0.4, -0.2) is 47.1 Å². The second kappa shape index (κ2) is 6.16. The van der Waals surface area contributed by atoms with Crippen LogP contribution < -0.4 is 0 Å². The number of carboxylic acid groups (broad SMARTS) is 2. The van der Waals surface area contributed by atoms with Crippen LogP contribution in [0.15, 0.2) is 43.0 Å². The van der Waals surface area contributed by atoms with Gasteiger partial charge in [0.15, 0.2) is 11.5 Å². The molecule has 9 nitrogen and oxygen atoms in total. The Labute approximate surface area is 134 Å². The summed E-state index contributed by atoms with van der Waals surface area (Å²) in [6, 6.07) is 3.84. The Balaban J connectivity index is 2.17. The molecule has 0 saturated heterocycles. The van der Waals surface area contributed by atoms with Crippen molar-refractivity contribution in [3.05, 3.63) is 54.2 Å². The molecule has 3 rings (SSSR count). The van der Waals surface area contributed by atoms with Crippen LogP contribution >= 0.6 is 0 Å². The first kappa shape index (κ1) is 15.2. The van der Waals surface area contributed by atoms with Crippen molar-refractivity contribution in [1.29, 1.82) is 0 Å². The van der Waals surface area contributed by atoms with E-state index in [1.807, 2.05) is 0 Å². The summed E-state index contributed by atoms with van der Waals surface area (Å²) in [6.07, 6.45) is 5.63. The molecule has 0 radical (unpaired) electrons. The monoisotopic (exact) mass is 323 g/mol. The average Bonchev–Trinajstić information content (AvgIpc) is 2.62. The highest BCUT2D eigenvalue weighted by atomic mass is 16.4. The van der Waals surface area contributed by atoms with Gasteiger partial charge in [-0.2, -0.15) is 0 Å². The van der Waals surface area contributed by atoms with E-state index in [0.29, 0.717) is 5.69 Å². The highest BCUT2D eigenvalue weighted by Crippen LogP contribution is 2.21. The lowest BCUT2D eigenvalue weighted by Crippen LogP contribution is -2.05. The molecule has 3 aromatic rings. The molecule has 0 amide bonds. The van der Waals surface area contributed by atoms with E-state index >= 15 is 0 Å². The summed E-state index contributed by atoms with van der Waals surface area (Å²) in [7, 11) is 0. The number of aromatic nitrogens is 5. The van der Waals surface area contributed by atoms with E-state index in [9.17, 15) is 14.7 Å². The van der Waals surface area contributed by atoms with E-state index in [4.69, 9.17) is 5.11 Å². The Morgan fingerprint density at radius 3 is 2.29 bits per heavy atom. The maximum absolute atomic E-state index is 11.3. The van der Waals surface area contributed by atoms with E-state index in [0.717, 1.165) is 0 Å². The molecule has 9 heteroatoms. The number of hydrogen-bond donors (Lipinski definition) is 2. The van der Waals surface area contributed by atoms with Gasteiger partial charge in [-0.25, -0.2) is 24.5 Å². The fourth-order valence-electron chi connectivity index (χ4n) is 1.93. The second-order valence-electron chi connectivity index (χ2n) is 4.59. The molecular weight excluding hydrogens is 314 g/mol. The van der Waals surface area contributed by atoms with Crippen molar-refractivity contribution in [3.8, 4) is 22.9 Å². The largest absolute Gasteiger partial charge is 0.478 e. The smallest absolute Gasteiger partial charge is 0.354 e. The molecule has 3 heterocycles. The van der Waals surface area contributed by atoms with Crippen LogP contribution in [0.2, 0.25) is 0 Å². The third-order valence-electron chi connectivity index (χ3n) is 3.00. The fourth-order valence-corrected chi connectivity index (χ4v) is 1.93. The topological polar surface area (TPSA) is 139 Å². The standard InChI is InChI=1S/C15H9N5O4/c21-14(22)8-5-10(12-7-16-3-4-17-12)19-11(6-8)13-18-2-1-9(20-13)15(23)24/h1-7H,(H,21,22)(H,23,24). The van der Waals surface area contributed by atoms with Crippen LogP contribution in [0.1, 0.15) is 20.8 Å². The van der Waals surface area contributed by atoms with E-state index in [2.05, 4.69) is 24.9 Å². The van der Waals surface area contributed by atoms with Gasteiger partial charge in [0, 0.05) is 18.6 Å². The summed E-state index contributed by atoms with van der Waals surface area (Å²) in [5.41, 5.74) is 0.491. The summed E-state index contributed by atoms with van der Waals surface area (Å²) < 4.78 is 0. The summed E-state index contributed by atoms with van der Waals surface area (Å²) in [4.78, 5) is 42.5. The maximum Gasteiger partial charge on any atom is 0.354 e. The summed E-state index contributed by atoms with van der Waals surface area (Å²) in [5, 5.41) is 18.3. The number of carboxylic acids is 2. The van der Waals surface area contributed by atoms with Crippen molar-refractivity contribution in [2.24, 2.45) is 0 Å². The molecule has 2 N–H and O–H groups in total. The Hall–Kier alpha value is -3.75. The van der Waals surface area contributed by atoms with Gasteiger partial charge in [0.25, 0.3) is 0 Å². The molecule has 24 heavy (non-hydrogen) atoms. The predicted molar refractivity (Wildman–Crippen MR) is 80.2 cm³/mol. The zero-order valence-electron chi connectivity index (χ0n) is 12.0. The van der Waals surface area contributed by atoms with E-state index < -0.39 is 11.9 Å². The molecule has 0 aliphatic carbocycles. The van der Waals surface area contributed by atoms with Crippen molar-refractivity contribution < 1.29 is 19.8 Å². The lowest BCUT2D eigenvalue weighted by Gasteiger charge is -2.06. The molecule has 0 fully saturated rings. The van der Waals surface area contributed by atoms with E-state index in [1.54, 1.807) is 0 Å². The van der Waals surface area contributed by atoms with Crippen LogP contribution in [0, 0.1) is 0 Å². The zero-order valence-corrected chi connectivity index (χ0v) is 12.0. The molecule has 118 valence electrons. The summed E-state index contributed by atoms with van der Waals surface area (Å²) in [6.45, 7) is 0. The molecule has 0 unspecified atom stereocenters. The van der Waals surface area contributed by atoms with Gasteiger partial charge in [-0.3, -0.25) is 9.97 Å². The molecular formula is C15H9N5O4. The Kier molecular flexibility index (Phi) is 3.89. The van der Waals surface area contributed by atoms with Crippen molar-refractivity contribution in [1.82, 2.24) is 24.9 Å². The number of nitrogens with zero attached hydrogens (tertiary/aromatic N) is 5. The van der Waals surface area contributed by atoms with Crippen LogP contribution in [0.5, 0.6) is 0 Å². The van der Waals surface area contributed by atoms with Crippen molar-refractivity contribution in [2.75, 3.05) is 0 Å². The highest BCUT2D eigenvalue weighted by molar-refractivity contribution is 5.90. The minimum atomic E-state index is -1.22. The van der Waals surface area contributed by atoms with Crippen LogP contribution in [0.4, 0.5) is 0 Å². The molecule has 0 saturated carbocycles. The normalized spacial score (nSPS) is 10.3. The Bertz CT molecular complexity index is 930. The zero-order chi connectivity index (χ0) is 17.1. The minimum absolute atomic E-state index is 0.00291. The maximum atomic E-state index is 11.3. The molecule has 0 aliphatic rings. The number of carbonyl (C=O) groups is 2. The van der Waals surface area contributed by atoms with E-state index in [-0.39, 0.29) is 28.5 Å². The first-order valence-electron chi connectivity index (χ1n) is 6.63. The summed E-state index contributed by atoms with van der Waals surface area (Å²) in [5.74, 6) is -2.39. The quantitative estimate of drug-likeness (QED) is 0.728. The molecule has 0 aromatic carbocycles. The van der Waals surface area contributed by atoms with E-state index in [1.165, 1.54) is 43.0 Å². The van der Waals surface area contributed by atoms with Gasteiger partial charge in [-0.15, -0.1) is 0 Å². The number of hydrogen-bond acceptors (Lipinski definition) is 7. The lowest BCUT2D eigenvalue weighted by atomic mass is 10.1. The third-order valence-corrected chi connectivity index (χ3v) is 3.00. The second-order valence-corrected chi connectivity index (χ2v) is 4.59. The lowest BCUT2D eigenvalue weighted by molar-refractivity contribution is 0.0682. The Morgan fingerprint density at radius 1 is 0.833 bits per heavy atom.